The van der Waals surface area contributed by atoms with Crippen LogP contribution in [0, 0.1) is 0 Å². The summed E-state index contributed by atoms with van der Waals surface area (Å²) < 4.78 is 10.4. The van der Waals surface area contributed by atoms with Gasteiger partial charge in [0.25, 0.3) is 0 Å². The molecular weight excluding hydrogens is 142 g/mol. The van der Waals surface area contributed by atoms with E-state index in [1.807, 2.05) is 0 Å². The molecule has 0 aromatic carbocycles. The predicted octanol–water partition coefficient (Wildman–Crippen LogP) is -1.10. The lowest BCUT2D eigenvalue weighted by atomic mass is 9.51. The first-order valence-electron chi connectivity index (χ1n) is 3.66. The summed E-state index contributed by atoms with van der Waals surface area (Å²) in [7, 11) is 8.37. The van der Waals surface area contributed by atoms with E-state index >= 15 is 0 Å². The lowest BCUT2D eigenvalue weighted by Crippen LogP contribution is -2.26. The molecule has 1 unspecified atom stereocenters. The number of rotatable bonds is 3. The molecule has 0 aromatic rings. The topological polar surface area (TPSA) is 38.7 Å². The molecule has 3 radical (unpaired) electrons. The van der Waals surface area contributed by atoms with Crippen molar-refractivity contribution in [3.63, 3.8) is 0 Å². The highest BCUT2D eigenvalue weighted by Crippen LogP contribution is 2.21. The van der Waals surface area contributed by atoms with Crippen molar-refractivity contribution in [2.24, 2.45) is 0 Å². The Bertz CT molecular complexity index is 110. The molecule has 3 atom stereocenters. The van der Waals surface area contributed by atoms with Gasteiger partial charge in [0.15, 0.2) is 0 Å². The van der Waals surface area contributed by atoms with Gasteiger partial charge in [-0.05, 0) is 6.42 Å². The van der Waals surface area contributed by atoms with Crippen LogP contribution in [0.5, 0.6) is 0 Å². The third-order valence-corrected chi connectivity index (χ3v) is 1.93. The first-order valence-corrected chi connectivity index (χ1v) is 3.66. The molecular formula is C6H11B2O3. The quantitative estimate of drug-likeness (QED) is 0.522. The molecule has 1 rings (SSSR count). The Balaban J connectivity index is 2.41. The highest BCUT2D eigenvalue weighted by Gasteiger charge is 2.33. The summed E-state index contributed by atoms with van der Waals surface area (Å²) in [5, 5.41) is 8.82. The standard InChI is InChI=1S/C6H11B2O3/c1-10-4-2-6(8-7)11-5(4)3-9/h4-6,9H,2-3H2,1H3/t4?,5-,6-/m1/s1. The molecule has 0 spiro atoms. The van der Waals surface area contributed by atoms with Gasteiger partial charge in [-0.1, -0.05) is 0 Å². The zero-order chi connectivity index (χ0) is 8.27. The van der Waals surface area contributed by atoms with Gasteiger partial charge in [-0.25, -0.2) is 0 Å². The lowest BCUT2D eigenvalue weighted by molar-refractivity contribution is -0.0207. The predicted molar refractivity (Wildman–Crippen MR) is 42.7 cm³/mol. The molecule has 1 saturated heterocycles. The third kappa shape index (κ3) is 1.98. The van der Waals surface area contributed by atoms with Crippen LogP contribution in [0.3, 0.4) is 0 Å². The molecule has 1 heterocycles. The first kappa shape index (κ1) is 9.10. The van der Waals surface area contributed by atoms with Crippen LogP contribution in [-0.2, 0) is 9.47 Å². The fourth-order valence-electron chi connectivity index (χ4n) is 1.28. The second-order valence-corrected chi connectivity index (χ2v) is 2.60. The fraction of sp³-hybridized carbons (Fsp3) is 1.00. The van der Waals surface area contributed by atoms with Gasteiger partial charge in [0, 0.05) is 20.9 Å². The van der Waals surface area contributed by atoms with Crippen LogP contribution in [-0.4, -0.2) is 51.9 Å². The zero-order valence-corrected chi connectivity index (χ0v) is 6.56. The van der Waals surface area contributed by atoms with Crippen LogP contribution >= 0.6 is 0 Å². The summed E-state index contributed by atoms with van der Waals surface area (Å²) in [6.45, 7) is -0.0111. The van der Waals surface area contributed by atoms with E-state index in [1.54, 1.807) is 7.11 Å². The van der Waals surface area contributed by atoms with Gasteiger partial charge in [-0.3, -0.25) is 0 Å². The van der Waals surface area contributed by atoms with E-state index in [4.69, 9.17) is 22.3 Å². The fourth-order valence-corrected chi connectivity index (χ4v) is 1.28. The van der Waals surface area contributed by atoms with Crippen LogP contribution in [0.1, 0.15) is 6.42 Å². The molecule has 0 aliphatic carbocycles. The van der Waals surface area contributed by atoms with Crippen LogP contribution < -0.4 is 0 Å². The second-order valence-electron chi connectivity index (χ2n) is 2.60. The minimum absolute atomic E-state index is 0.0111. The summed E-state index contributed by atoms with van der Waals surface area (Å²) in [6, 6.07) is -0.0721. The van der Waals surface area contributed by atoms with E-state index < -0.39 is 0 Å². The van der Waals surface area contributed by atoms with Crippen molar-refractivity contribution in [3.05, 3.63) is 0 Å². The SMILES string of the molecule is [B][B][C@H]1CC(OC)[C@@H](CO)O1. The molecule has 1 N–H and O–H groups in total. The summed E-state index contributed by atoms with van der Waals surface area (Å²) in [4.78, 5) is 0. The summed E-state index contributed by atoms with van der Waals surface area (Å²) in [5.74, 6) is 0. The Morgan fingerprint density at radius 1 is 1.82 bits per heavy atom. The molecule has 11 heavy (non-hydrogen) atoms. The Labute approximate surface area is 68.7 Å². The lowest BCUT2D eigenvalue weighted by Gasteiger charge is -2.13. The average Bonchev–Trinajstić information content (AvgIpc) is 2.46. The maximum atomic E-state index is 8.82. The second kappa shape index (κ2) is 4.14. The van der Waals surface area contributed by atoms with Crippen molar-refractivity contribution >= 4 is 14.9 Å². The minimum atomic E-state index is -0.218. The van der Waals surface area contributed by atoms with Gasteiger partial charge < -0.3 is 14.6 Å². The molecule has 0 bridgehead atoms. The Morgan fingerprint density at radius 2 is 2.55 bits per heavy atom. The van der Waals surface area contributed by atoms with Gasteiger partial charge >= 0.3 is 0 Å². The highest BCUT2D eigenvalue weighted by molar-refractivity contribution is 6.90. The van der Waals surface area contributed by atoms with Gasteiger partial charge in [0.05, 0.1) is 19.9 Å². The van der Waals surface area contributed by atoms with E-state index in [9.17, 15) is 0 Å². The Morgan fingerprint density at radius 3 is 2.91 bits per heavy atom. The molecule has 1 aliphatic heterocycles. The van der Waals surface area contributed by atoms with Crippen molar-refractivity contribution in [1.29, 1.82) is 0 Å². The maximum absolute atomic E-state index is 8.82. The maximum Gasteiger partial charge on any atom is 0.106 e. The van der Waals surface area contributed by atoms with Crippen LogP contribution in [0.25, 0.3) is 0 Å². The molecule has 1 fully saturated rings. The normalized spacial score (nSPS) is 37.5. The van der Waals surface area contributed by atoms with Crippen molar-refractivity contribution in [2.45, 2.75) is 24.6 Å². The van der Waals surface area contributed by atoms with Gasteiger partial charge in [0.1, 0.15) is 6.10 Å². The largest absolute Gasteiger partial charge is 0.394 e. The van der Waals surface area contributed by atoms with Crippen molar-refractivity contribution < 1.29 is 14.6 Å². The Kier molecular flexibility index (Phi) is 3.43. The number of ether oxygens (including phenoxy) is 2. The number of methoxy groups -OCH3 is 1. The van der Waals surface area contributed by atoms with E-state index in [-0.39, 0.29) is 24.8 Å². The van der Waals surface area contributed by atoms with Gasteiger partial charge in [-0.2, -0.15) is 0 Å². The molecule has 0 aromatic heterocycles. The van der Waals surface area contributed by atoms with Gasteiger partial charge in [-0.15, -0.1) is 0 Å². The smallest absolute Gasteiger partial charge is 0.106 e. The number of aliphatic hydroxyl groups excluding tert-OH is 1. The number of hydrogen-bond acceptors (Lipinski definition) is 3. The van der Waals surface area contributed by atoms with E-state index in [0.29, 0.717) is 0 Å². The molecule has 0 amide bonds. The number of aliphatic hydroxyl groups is 1. The average molecular weight is 153 g/mol. The van der Waals surface area contributed by atoms with Gasteiger partial charge in [0.2, 0.25) is 0 Å². The Hall–Kier alpha value is 0.00987. The summed E-state index contributed by atoms with van der Waals surface area (Å²) in [5.41, 5.74) is 0. The molecule has 59 valence electrons. The van der Waals surface area contributed by atoms with Crippen LogP contribution in [0.4, 0.5) is 0 Å². The van der Waals surface area contributed by atoms with Crippen LogP contribution in [0.15, 0.2) is 0 Å². The summed E-state index contributed by atoms with van der Waals surface area (Å²) in [6.07, 6.45) is 0.493. The van der Waals surface area contributed by atoms with E-state index in [1.165, 1.54) is 7.17 Å². The first-order chi connectivity index (χ1) is 5.31. The van der Waals surface area contributed by atoms with Crippen molar-refractivity contribution in [3.8, 4) is 0 Å². The van der Waals surface area contributed by atoms with E-state index in [0.717, 1.165) is 6.42 Å². The van der Waals surface area contributed by atoms with E-state index in [2.05, 4.69) is 0 Å². The molecule has 0 saturated carbocycles. The van der Waals surface area contributed by atoms with Crippen molar-refractivity contribution in [1.82, 2.24) is 0 Å². The third-order valence-electron chi connectivity index (χ3n) is 1.93. The number of hydrogen-bond donors (Lipinski definition) is 1. The molecule has 5 heteroatoms. The molecule has 3 nitrogen and oxygen atoms in total. The summed E-state index contributed by atoms with van der Waals surface area (Å²) >= 11 is 0. The minimum Gasteiger partial charge on any atom is -0.394 e. The molecule has 1 aliphatic rings. The zero-order valence-electron chi connectivity index (χ0n) is 6.56. The highest BCUT2D eigenvalue weighted by atomic mass is 16.6. The van der Waals surface area contributed by atoms with Crippen molar-refractivity contribution in [2.75, 3.05) is 13.7 Å². The van der Waals surface area contributed by atoms with Crippen LogP contribution in [0.2, 0.25) is 0 Å². The monoisotopic (exact) mass is 153 g/mol.